The van der Waals surface area contributed by atoms with Gasteiger partial charge >= 0.3 is 5.97 Å². The number of aliphatic carboxylic acids is 1. The standard InChI is InChI=1S/C15H19N3O2/c1-18-11-6-5-9-16-13(11)17-12(18)10-15(14(19)20)7-3-2-4-8-15/h5-6,9H,2-4,7-8,10H2,1H3,(H,19,20). The third-order valence-corrected chi connectivity index (χ3v) is 4.51. The molecule has 5 heteroatoms. The SMILES string of the molecule is Cn1c(CC2(C(=O)O)CCCCC2)nc2ncccc21. The molecule has 2 aromatic heterocycles. The largest absolute Gasteiger partial charge is 0.481 e. The molecule has 0 spiro atoms. The van der Waals surface area contributed by atoms with E-state index < -0.39 is 11.4 Å². The van der Waals surface area contributed by atoms with Gasteiger partial charge in [-0.3, -0.25) is 4.79 Å². The van der Waals surface area contributed by atoms with Gasteiger partial charge < -0.3 is 9.67 Å². The number of carboxylic acids is 1. The van der Waals surface area contributed by atoms with Crippen molar-refractivity contribution in [1.29, 1.82) is 0 Å². The zero-order chi connectivity index (χ0) is 14.2. The van der Waals surface area contributed by atoms with Gasteiger partial charge in [-0.1, -0.05) is 19.3 Å². The molecule has 0 atom stereocenters. The maximum Gasteiger partial charge on any atom is 0.310 e. The van der Waals surface area contributed by atoms with E-state index in [2.05, 4.69) is 9.97 Å². The van der Waals surface area contributed by atoms with Gasteiger partial charge in [-0.05, 0) is 25.0 Å². The van der Waals surface area contributed by atoms with Crippen LogP contribution in [0.1, 0.15) is 37.9 Å². The Hall–Kier alpha value is -1.91. The molecule has 20 heavy (non-hydrogen) atoms. The van der Waals surface area contributed by atoms with Crippen molar-refractivity contribution >= 4 is 17.1 Å². The van der Waals surface area contributed by atoms with E-state index in [-0.39, 0.29) is 0 Å². The predicted octanol–water partition coefficient (Wildman–Crippen LogP) is 2.55. The second-order valence-corrected chi connectivity index (χ2v) is 5.76. The number of rotatable bonds is 3. The number of pyridine rings is 1. The fraction of sp³-hybridized carbons (Fsp3) is 0.533. The van der Waals surface area contributed by atoms with E-state index in [0.29, 0.717) is 12.1 Å². The second-order valence-electron chi connectivity index (χ2n) is 5.76. The molecule has 2 heterocycles. The van der Waals surface area contributed by atoms with Gasteiger partial charge in [0, 0.05) is 19.7 Å². The van der Waals surface area contributed by atoms with Crippen molar-refractivity contribution in [2.45, 2.75) is 38.5 Å². The third kappa shape index (κ3) is 2.07. The third-order valence-electron chi connectivity index (χ3n) is 4.51. The van der Waals surface area contributed by atoms with Crippen LogP contribution in [0.4, 0.5) is 0 Å². The van der Waals surface area contributed by atoms with Crippen molar-refractivity contribution in [2.75, 3.05) is 0 Å². The number of hydrogen-bond acceptors (Lipinski definition) is 3. The van der Waals surface area contributed by atoms with Crippen LogP contribution in [0.25, 0.3) is 11.2 Å². The summed E-state index contributed by atoms with van der Waals surface area (Å²) in [7, 11) is 1.94. The molecule has 1 saturated carbocycles. The Morgan fingerprint density at radius 3 is 2.80 bits per heavy atom. The van der Waals surface area contributed by atoms with Crippen LogP contribution in [0.3, 0.4) is 0 Å². The lowest BCUT2D eigenvalue weighted by atomic mass is 9.71. The molecular weight excluding hydrogens is 254 g/mol. The summed E-state index contributed by atoms with van der Waals surface area (Å²) in [4.78, 5) is 20.5. The van der Waals surface area contributed by atoms with Crippen LogP contribution in [-0.4, -0.2) is 25.6 Å². The number of nitrogens with zero attached hydrogens (tertiary/aromatic N) is 3. The number of aryl methyl sites for hydroxylation is 1. The molecule has 0 saturated heterocycles. The zero-order valence-corrected chi connectivity index (χ0v) is 11.7. The Bertz CT molecular complexity index is 642. The summed E-state index contributed by atoms with van der Waals surface area (Å²) in [6.45, 7) is 0. The molecule has 5 nitrogen and oxygen atoms in total. The minimum absolute atomic E-state index is 0.495. The topological polar surface area (TPSA) is 68.0 Å². The summed E-state index contributed by atoms with van der Waals surface area (Å²) >= 11 is 0. The first-order valence-corrected chi connectivity index (χ1v) is 7.12. The summed E-state index contributed by atoms with van der Waals surface area (Å²) in [6.07, 6.45) is 6.84. The van der Waals surface area contributed by atoms with Crippen molar-refractivity contribution in [1.82, 2.24) is 14.5 Å². The lowest BCUT2D eigenvalue weighted by Gasteiger charge is -2.32. The molecule has 2 aromatic rings. The van der Waals surface area contributed by atoms with Crippen molar-refractivity contribution in [3.05, 3.63) is 24.2 Å². The average Bonchev–Trinajstić information content (AvgIpc) is 2.77. The van der Waals surface area contributed by atoms with Gasteiger partial charge in [0.1, 0.15) is 5.82 Å². The normalized spacial score (nSPS) is 18.2. The summed E-state index contributed by atoms with van der Waals surface area (Å²) in [6, 6.07) is 3.84. The van der Waals surface area contributed by atoms with Gasteiger partial charge in [0.05, 0.1) is 10.9 Å². The molecule has 0 aromatic carbocycles. The van der Waals surface area contributed by atoms with Gasteiger partial charge in [0.25, 0.3) is 0 Å². The predicted molar refractivity (Wildman–Crippen MR) is 75.4 cm³/mol. The maximum absolute atomic E-state index is 11.8. The van der Waals surface area contributed by atoms with E-state index in [1.165, 1.54) is 0 Å². The van der Waals surface area contributed by atoms with Crippen molar-refractivity contribution in [3.63, 3.8) is 0 Å². The van der Waals surface area contributed by atoms with Crippen LogP contribution in [0.5, 0.6) is 0 Å². The fourth-order valence-electron chi connectivity index (χ4n) is 3.23. The van der Waals surface area contributed by atoms with Crippen molar-refractivity contribution < 1.29 is 9.90 Å². The minimum Gasteiger partial charge on any atom is -0.481 e. The highest BCUT2D eigenvalue weighted by Crippen LogP contribution is 2.39. The Kier molecular flexibility index (Phi) is 3.20. The number of fused-ring (bicyclic) bond motifs is 1. The van der Waals surface area contributed by atoms with Crippen LogP contribution >= 0.6 is 0 Å². The first kappa shape index (κ1) is 13.1. The maximum atomic E-state index is 11.8. The van der Waals surface area contributed by atoms with Gasteiger partial charge in [-0.15, -0.1) is 0 Å². The molecule has 1 fully saturated rings. The molecule has 1 N–H and O–H groups in total. The second kappa shape index (κ2) is 4.89. The van der Waals surface area contributed by atoms with Crippen molar-refractivity contribution in [3.8, 4) is 0 Å². The molecule has 1 aliphatic rings. The summed E-state index contributed by atoms with van der Waals surface area (Å²) in [5, 5.41) is 9.66. The highest BCUT2D eigenvalue weighted by atomic mass is 16.4. The highest BCUT2D eigenvalue weighted by molar-refractivity contribution is 5.76. The summed E-state index contributed by atoms with van der Waals surface area (Å²) < 4.78 is 1.97. The summed E-state index contributed by atoms with van der Waals surface area (Å²) in [5.74, 6) is 0.139. The van der Waals surface area contributed by atoms with Crippen LogP contribution in [-0.2, 0) is 18.3 Å². The molecular formula is C15H19N3O2. The van der Waals surface area contributed by atoms with E-state index in [1.807, 2.05) is 23.7 Å². The van der Waals surface area contributed by atoms with Gasteiger partial charge in [0.2, 0.25) is 0 Å². The lowest BCUT2D eigenvalue weighted by molar-refractivity contribution is -0.151. The van der Waals surface area contributed by atoms with Gasteiger partial charge in [0.15, 0.2) is 5.65 Å². The minimum atomic E-state index is -0.683. The van der Waals surface area contributed by atoms with Crippen LogP contribution < -0.4 is 0 Å². The molecule has 0 aliphatic heterocycles. The molecule has 1 aliphatic carbocycles. The van der Waals surface area contributed by atoms with E-state index in [9.17, 15) is 9.90 Å². The number of hydrogen-bond donors (Lipinski definition) is 1. The monoisotopic (exact) mass is 273 g/mol. The lowest BCUT2D eigenvalue weighted by Crippen LogP contribution is -2.36. The van der Waals surface area contributed by atoms with Crippen LogP contribution in [0.15, 0.2) is 18.3 Å². The molecule has 0 radical (unpaired) electrons. The smallest absolute Gasteiger partial charge is 0.310 e. The van der Waals surface area contributed by atoms with Gasteiger partial charge in [-0.2, -0.15) is 0 Å². The van der Waals surface area contributed by atoms with E-state index in [4.69, 9.17) is 0 Å². The van der Waals surface area contributed by atoms with E-state index >= 15 is 0 Å². The average molecular weight is 273 g/mol. The zero-order valence-electron chi connectivity index (χ0n) is 11.7. The van der Waals surface area contributed by atoms with E-state index in [1.54, 1.807) is 6.20 Å². The molecule has 0 unspecified atom stereocenters. The first-order chi connectivity index (χ1) is 9.62. The molecule has 3 rings (SSSR count). The van der Waals surface area contributed by atoms with Crippen LogP contribution in [0, 0.1) is 5.41 Å². The molecule has 106 valence electrons. The highest BCUT2D eigenvalue weighted by Gasteiger charge is 2.40. The Morgan fingerprint density at radius 1 is 1.40 bits per heavy atom. The Balaban J connectivity index is 1.98. The van der Waals surface area contributed by atoms with Gasteiger partial charge in [-0.25, -0.2) is 9.97 Å². The first-order valence-electron chi connectivity index (χ1n) is 7.12. The van der Waals surface area contributed by atoms with Crippen molar-refractivity contribution in [2.24, 2.45) is 12.5 Å². The number of aromatic nitrogens is 3. The Labute approximate surface area is 117 Å². The van der Waals surface area contributed by atoms with Crippen LogP contribution in [0.2, 0.25) is 0 Å². The van der Waals surface area contributed by atoms with E-state index in [0.717, 1.165) is 43.4 Å². The number of carboxylic acid groups (broad SMARTS) is 1. The Morgan fingerprint density at radius 2 is 2.15 bits per heavy atom. The molecule has 0 amide bonds. The summed E-state index contributed by atoms with van der Waals surface area (Å²) in [5.41, 5.74) is 1.01. The number of carbonyl (C=O) groups is 1. The fourth-order valence-corrected chi connectivity index (χ4v) is 3.23. The number of imidazole rings is 1. The molecule has 0 bridgehead atoms. The quantitative estimate of drug-likeness (QED) is 0.933.